The van der Waals surface area contributed by atoms with Crippen molar-refractivity contribution in [1.82, 2.24) is 9.21 Å². The summed E-state index contributed by atoms with van der Waals surface area (Å²) in [4.78, 5) is 2.88. The number of piperidine rings is 1. The fourth-order valence-electron chi connectivity index (χ4n) is 4.60. The van der Waals surface area contributed by atoms with Crippen LogP contribution in [0.4, 0.5) is 0 Å². The van der Waals surface area contributed by atoms with Crippen molar-refractivity contribution < 1.29 is 8.42 Å². The van der Waals surface area contributed by atoms with Crippen molar-refractivity contribution in [3.63, 3.8) is 0 Å². The molecule has 0 saturated carbocycles. The topological polar surface area (TPSA) is 40.6 Å². The predicted molar refractivity (Wildman–Crippen MR) is 118 cm³/mol. The summed E-state index contributed by atoms with van der Waals surface area (Å²) in [5.41, 5.74) is 4.42. The number of hydrogen-bond acceptors (Lipinski definition) is 3. The van der Waals surface area contributed by atoms with Crippen molar-refractivity contribution in [3.05, 3.63) is 63.7 Å². The molecule has 0 spiro atoms. The molecule has 0 radical (unpaired) electrons. The van der Waals surface area contributed by atoms with Gasteiger partial charge in [-0.2, -0.15) is 4.31 Å². The second kappa shape index (κ2) is 8.38. The highest BCUT2D eigenvalue weighted by Gasteiger charge is 2.32. The van der Waals surface area contributed by atoms with E-state index in [0.717, 1.165) is 44.5 Å². The molecule has 0 amide bonds. The van der Waals surface area contributed by atoms with Crippen LogP contribution in [0.15, 0.2) is 41.3 Å². The van der Waals surface area contributed by atoms with Crippen LogP contribution in [0, 0.1) is 19.8 Å². The van der Waals surface area contributed by atoms with Crippen LogP contribution in [0.3, 0.4) is 0 Å². The van der Waals surface area contributed by atoms with E-state index < -0.39 is 10.0 Å². The van der Waals surface area contributed by atoms with Gasteiger partial charge in [0.1, 0.15) is 0 Å². The van der Waals surface area contributed by atoms with Crippen molar-refractivity contribution in [2.75, 3.05) is 26.2 Å². The minimum Gasteiger partial charge on any atom is -0.298 e. The normalized spacial score (nSPS) is 19.3. The van der Waals surface area contributed by atoms with E-state index in [-0.39, 0.29) is 0 Å². The number of hydrogen-bond donors (Lipinski definition) is 0. The van der Waals surface area contributed by atoms with Gasteiger partial charge in [0, 0.05) is 37.7 Å². The Labute approximate surface area is 179 Å². The maximum absolute atomic E-state index is 13.2. The average molecular weight is 433 g/mol. The molecule has 1 saturated heterocycles. The largest absolute Gasteiger partial charge is 0.298 e. The van der Waals surface area contributed by atoms with E-state index in [0.29, 0.717) is 34.5 Å². The third-order valence-corrected chi connectivity index (χ3v) is 8.78. The number of aryl methyl sites for hydroxylation is 1. The van der Waals surface area contributed by atoms with Gasteiger partial charge in [-0.25, -0.2) is 8.42 Å². The van der Waals surface area contributed by atoms with Crippen LogP contribution in [0.2, 0.25) is 5.02 Å². The monoisotopic (exact) mass is 432 g/mol. The molecule has 0 bridgehead atoms. The van der Waals surface area contributed by atoms with Crippen molar-refractivity contribution in [2.24, 2.45) is 5.92 Å². The van der Waals surface area contributed by atoms with Crippen LogP contribution in [-0.4, -0.2) is 43.8 Å². The predicted octanol–water partition coefficient (Wildman–Crippen LogP) is 4.42. The summed E-state index contributed by atoms with van der Waals surface area (Å²) in [6, 6.07) is 12.3. The van der Waals surface area contributed by atoms with Gasteiger partial charge in [-0.3, -0.25) is 4.90 Å². The first-order valence-electron chi connectivity index (χ1n) is 10.4. The number of benzene rings is 2. The quantitative estimate of drug-likeness (QED) is 0.718. The first-order valence-corrected chi connectivity index (χ1v) is 12.2. The minimum atomic E-state index is -3.50. The van der Waals surface area contributed by atoms with Gasteiger partial charge in [-0.15, -0.1) is 0 Å². The van der Waals surface area contributed by atoms with Gasteiger partial charge < -0.3 is 0 Å². The number of nitrogens with zero attached hydrogens (tertiary/aromatic N) is 2. The number of sulfonamides is 1. The Morgan fingerprint density at radius 2 is 1.72 bits per heavy atom. The number of fused-ring (bicyclic) bond motifs is 1. The van der Waals surface area contributed by atoms with Gasteiger partial charge in [0.25, 0.3) is 0 Å². The second-order valence-electron chi connectivity index (χ2n) is 8.47. The van der Waals surface area contributed by atoms with Crippen LogP contribution >= 0.6 is 11.6 Å². The second-order valence-corrected chi connectivity index (χ2v) is 10.8. The maximum atomic E-state index is 13.2. The zero-order valence-electron chi connectivity index (χ0n) is 17.2. The molecule has 6 heteroatoms. The van der Waals surface area contributed by atoms with Gasteiger partial charge in [-0.05, 0) is 73.4 Å². The molecular formula is C23H29ClN2O2S. The molecule has 0 N–H and O–H groups in total. The molecule has 0 aliphatic carbocycles. The standard InChI is InChI=1S/C23H29ClN2O2S/c1-17-13-22(24)18(2)23(14-17)29(27,28)26-11-7-19(8-12-26)15-25-10-9-20-5-3-4-6-21(20)16-25/h3-6,13-14,19H,7-12,15-16H2,1-2H3. The van der Waals surface area contributed by atoms with Gasteiger partial charge >= 0.3 is 0 Å². The van der Waals surface area contributed by atoms with E-state index in [4.69, 9.17) is 11.6 Å². The molecule has 0 aromatic heterocycles. The number of halogens is 1. The van der Waals surface area contributed by atoms with Crippen LogP contribution in [-0.2, 0) is 23.0 Å². The first kappa shape index (κ1) is 20.9. The Morgan fingerprint density at radius 1 is 1.03 bits per heavy atom. The lowest BCUT2D eigenvalue weighted by atomic mass is 9.94. The van der Waals surface area contributed by atoms with Crippen LogP contribution in [0.1, 0.15) is 35.1 Å². The van der Waals surface area contributed by atoms with E-state index in [9.17, 15) is 8.42 Å². The summed E-state index contributed by atoms with van der Waals surface area (Å²) in [5, 5.41) is 0.517. The summed E-state index contributed by atoms with van der Waals surface area (Å²) in [5.74, 6) is 0.550. The highest BCUT2D eigenvalue weighted by molar-refractivity contribution is 7.89. The van der Waals surface area contributed by atoms with Gasteiger partial charge in [-0.1, -0.05) is 35.9 Å². The fraction of sp³-hybridized carbons (Fsp3) is 0.478. The molecule has 2 aliphatic heterocycles. The third-order valence-electron chi connectivity index (χ3n) is 6.36. The molecule has 156 valence electrons. The van der Waals surface area contributed by atoms with E-state index in [1.165, 1.54) is 11.1 Å². The summed E-state index contributed by atoms with van der Waals surface area (Å²) >= 11 is 6.24. The molecule has 2 heterocycles. The molecule has 29 heavy (non-hydrogen) atoms. The minimum absolute atomic E-state index is 0.355. The van der Waals surface area contributed by atoms with Gasteiger partial charge in [0.05, 0.1) is 4.90 Å². The van der Waals surface area contributed by atoms with E-state index >= 15 is 0 Å². The Morgan fingerprint density at radius 3 is 2.45 bits per heavy atom. The lowest BCUT2D eigenvalue weighted by Gasteiger charge is -2.36. The summed E-state index contributed by atoms with van der Waals surface area (Å²) in [6.45, 7) is 8.00. The zero-order chi connectivity index (χ0) is 20.6. The lowest BCUT2D eigenvalue weighted by molar-refractivity contribution is 0.171. The van der Waals surface area contributed by atoms with Crippen molar-refractivity contribution in [1.29, 1.82) is 0 Å². The smallest absolute Gasteiger partial charge is 0.243 e. The van der Waals surface area contributed by atoms with Crippen LogP contribution in [0.5, 0.6) is 0 Å². The Bertz CT molecular complexity index is 998. The van der Waals surface area contributed by atoms with E-state index in [2.05, 4.69) is 29.2 Å². The lowest BCUT2D eigenvalue weighted by Crippen LogP contribution is -2.42. The molecular weight excluding hydrogens is 404 g/mol. The summed E-state index contributed by atoms with van der Waals surface area (Å²) < 4.78 is 28.1. The fourth-order valence-corrected chi connectivity index (χ4v) is 6.73. The Balaban J connectivity index is 1.38. The summed E-state index contributed by atoms with van der Waals surface area (Å²) in [6.07, 6.45) is 2.93. The average Bonchev–Trinajstić information content (AvgIpc) is 2.71. The molecule has 0 atom stereocenters. The summed E-state index contributed by atoms with van der Waals surface area (Å²) in [7, 11) is -3.50. The van der Waals surface area contributed by atoms with Crippen LogP contribution in [0.25, 0.3) is 0 Å². The van der Waals surface area contributed by atoms with Crippen molar-refractivity contribution in [2.45, 2.75) is 44.6 Å². The van der Waals surface area contributed by atoms with E-state index in [1.807, 2.05) is 13.0 Å². The Hall–Kier alpha value is -1.40. The molecule has 4 nitrogen and oxygen atoms in total. The van der Waals surface area contributed by atoms with Crippen molar-refractivity contribution in [3.8, 4) is 0 Å². The van der Waals surface area contributed by atoms with Crippen LogP contribution < -0.4 is 0 Å². The molecule has 0 unspecified atom stereocenters. The highest BCUT2D eigenvalue weighted by Crippen LogP contribution is 2.30. The zero-order valence-corrected chi connectivity index (χ0v) is 18.8. The molecule has 1 fully saturated rings. The molecule has 2 aromatic rings. The molecule has 2 aromatic carbocycles. The highest BCUT2D eigenvalue weighted by atomic mass is 35.5. The van der Waals surface area contributed by atoms with Crippen molar-refractivity contribution >= 4 is 21.6 Å². The third kappa shape index (κ3) is 4.38. The first-order chi connectivity index (χ1) is 13.8. The maximum Gasteiger partial charge on any atom is 0.243 e. The number of rotatable bonds is 4. The van der Waals surface area contributed by atoms with E-state index in [1.54, 1.807) is 17.3 Å². The van der Waals surface area contributed by atoms with Gasteiger partial charge in [0.15, 0.2) is 0 Å². The van der Waals surface area contributed by atoms with Gasteiger partial charge in [0.2, 0.25) is 10.0 Å². The SMILES string of the molecule is Cc1cc(Cl)c(C)c(S(=O)(=O)N2CCC(CN3CCc4ccccc4C3)CC2)c1. The Kier molecular flexibility index (Phi) is 6.03. The molecule has 4 rings (SSSR count). The molecule has 2 aliphatic rings.